The van der Waals surface area contributed by atoms with Crippen molar-refractivity contribution in [2.24, 2.45) is 12.8 Å². The number of ether oxygens (including phenoxy) is 2. The highest BCUT2D eigenvalue weighted by molar-refractivity contribution is 6.05. The molecule has 1 heterocycles. The second kappa shape index (κ2) is 5.75. The maximum atomic E-state index is 12.6. The Kier molecular flexibility index (Phi) is 4.05. The molecule has 0 aliphatic carbocycles. The molecule has 6 heteroatoms. The van der Waals surface area contributed by atoms with Crippen molar-refractivity contribution in [3.63, 3.8) is 0 Å². The molecule has 0 saturated heterocycles. The van der Waals surface area contributed by atoms with Crippen LogP contribution in [0.25, 0.3) is 0 Å². The standard InChI is InChI=1S/C14H17N3O3/c1-17-8-9(7-16-17)13(15)14(18)12-10(19-2)5-4-6-11(12)20-3/h4-8,13H,15H2,1-3H3. The van der Waals surface area contributed by atoms with Gasteiger partial charge in [-0.1, -0.05) is 6.07 Å². The van der Waals surface area contributed by atoms with Crippen molar-refractivity contribution in [1.82, 2.24) is 9.78 Å². The Balaban J connectivity index is 2.42. The van der Waals surface area contributed by atoms with E-state index in [0.717, 1.165) is 0 Å². The van der Waals surface area contributed by atoms with Crippen molar-refractivity contribution in [3.8, 4) is 11.5 Å². The first kappa shape index (κ1) is 14.1. The van der Waals surface area contributed by atoms with Crippen LogP contribution >= 0.6 is 0 Å². The monoisotopic (exact) mass is 275 g/mol. The van der Waals surface area contributed by atoms with Crippen molar-refractivity contribution in [3.05, 3.63) is 41.7 Å². The molecule has 2 aromatic rings. The summed E-state index contributed by atoms with van der Waals surface area (Å²) in [6.45, 7) is 0. The number of benzene rings is 1. The first-order chi connectivity index (χ1) is 9.58. The van der Waals surface area contributed by atoms with E-state index in [1.165, 1.54) is 14.2 Å². The largest absolute Gasteiger partial charge is 0.496 e. The van der Waals surface area contributed by atoms with Crippen LogP contribution in [0.3, 0.4) is 0 Å². The maximum absolute atomic E-state index is 12.6. The van der Waals surface area contributed by atoms with E-state index in [9.17, 15) is 4.79 Å². The average Bonchev–Trinajstić information content (AvgIpc) is 2.91. The van der Waals surface area contributed by atoms with Crippen LogP contribution in [-0.4, -0.2) is 29.8 Å². The molecule has 0 bridgehead atoms. The van der Waals surface area contributed by atoms with E-state index in [2.05, 4.69) is 5.10 Å². The molecule has 0 radical (unpaired) electrons. The van der Waals surface area contributed by atoms with Crippen molar-refractivity contribution in [2.75, 3.05) is 14.2 Å². The molecule has 2 N–H and O–H groups in total. The van der Waals surface area contributed by atoms with Crippen molar-refractivity contribution < 1.29 is 14.3 Å². The molecule has 106 valence electrons. The number of nitrogens with two attached hydrogens (primary N) is 1. The van der Waals surface area contributed by atoms with Gasteiger partial charge in [0.1, 0.15) is 17.1 Å². The lowest BCUT2D eigenvalue weighted by Gasteiger charge is -2.15. The fourth-order valence-corrected chi connectivity index (χ4v) is 2.00. The second-order valence-electron chi connectivity index (χ2n) is 4.33. The Hall–Kier alpha value is -2.34. The van der Waals surface area contributed by atoms with Gasteiger partial charge in [-0.3, -0.25) is 9.48 Å². The van der Waals surface area contributed by atoms with E-state index >= 15 is 0 Å². The molecule has 0 amide bonds. The summed E-state index contributed by atoms with van der Waals surface area (Å²) in [6, 6.07) is 4.34. The number of rotatable bonds is 5. The Morgan fingerprint density at radius 3 is 2.35 bits per heavy atom. The lowest BCUT2D eigenvalue weighted by atomic mass is 9.99. The fourth-order valence-electron chi connectivity index (χ4n) is 2.00. The Bertz CT molecular complexity index is 600. The minimum Gasteiger partial charge on any atom is -0.496 e. The molecular formula is C14H17N3O3. The molecule has 0 aliphatic heterocycles. The molecule has 1 unspecified atom stereocenters. The zero-order valence-corrected chi connectivity index (χ0v) is 11.7. The molecule has 6 nitrogen and oxygen atoms in total. The van der Waals surface area contributed by atoms with Crippen LogP contribution in [0.4, 0.5) is 0 Å². The van der Waals surface area contributed by atoms with Gasteiger partial charge < -0.3 is 15.2 Å². The van der Waals surface area contributed by atoms with E-state index in [4.69, 9.17) is 15.2 Å². The fraction of sp³-hybridized carbons (Fsp3) is 0.286. The molecule has 0 saturated carbocycles. The minimum absolute atomic E-state index is 0.271. The predicted molar refractivity (Wildman–Crippen MR) is 74.0 cm³/mol. The third-order valence-electron chi connectivity index (χ3n) is 3.04. The highest BCUT2D eigenvalue weighted by atomic mass is 16.5. The van der Waals surface area contributed by atoms with E-state index in [0.29, 0.717) is 22.6 Å². The van der Waals surface area contributed by atoms with Crippen LogP contribution in [0.1, 0.15) is 22.0 Å². The normalized spacial score (nSPS) is 12.0. The minimum atomic E-state index is -0.811. The predicted octanol–water partition coefficient (Wildman–Crippen LogP) is 1.32. The molecule has 1 atom stereocenters. The van der Waals surface area contributed by atoms with Crippen LogP contribution in [0.15, 0.2) is 30.6 Å². The van der Waals surface area contributed by atoms with Gasteiger partial charge >= 0.3 is 0 Å². The zero-order chi connectivity index (χ0) is 14.7. The summed E-state index contributed by atoms with van der Waals surface area (Å²) >= 11 is 0. The number of ketones is 1. The summed E-state index contributed by atoms with van der Waals surface area (Å²) in [7, 11) is 4.77. The summed E-state index contributed by atoms with van der Waals surface area (Å²) in [5.41, 5.74) is 7.00. The number of aryl methyl sites for hydroxylation is 1. The van der Waals surface area contributed by atoms with Crippen molar-refractivity contribution in [1.29, 1.82) is 0 Å². The lowest BCUT2D eigenvalue weighted by Crippen LogP contribution is -2.22. The van der Waals surface area contributed by atoms with Gasteiger partial charge in [-0.15, -0.1) is 0 Å². The van der Waals surface area contributed by atoms with Gasteiger partial charge in [0.25, 0.3) is 0 Å². The molecule has 1 aromatic heterocycles. The Morgan fingerprint density at radius 1 is 1.30 bits per heavy atom. The van der Waals surface area contributed by atoms with E-state index in [-0.39, 0.29) is 5.78 Å². The SMILES string of the molecule is COc1cccc(OC)c1C(=O)C(N)c1cnn(C)c1. The van der Waals surface area contributed by atoms with Gasteiger partial charge in [0, 0.05) is 18.8 Å². The lowest BCUT2D eigenvalue weighted by molar-refractivity contribution is 0.0955. The number of methoxy groups -OCH3 is 2. The van der Waals surface area contributed by atoms with Crippen LogP contribution in [-0.2, 0) is 7.05 Å². The van der Waals surface area contributed by atoms with Gasteiger partial charge in [0.05, 0.1) is 26.5 Å². The second-order valence-corrected chi connectivity index (χ2v) is 4.33. The molecule has 20 heavy (non-hydrogen) atoms. The van der Waals surface area contributed by atoms with Crippen molar-refractivity contribution >= 4 is 5.78 Å². The van der Waals surface area contributed by atoms with Crippen LogP contribution in [0.2, 0.25) is 0 Å². The van der Waals surface area contributed by atoms with Gasteiger partial charge in [0.15, 0.2) is 5.78 Å². The van der Waals surface area contributed by atoms with Gasteiger partial charge in [-0.05, 0) is 12.1 Å². The summed E-state index contributed by atoms with van der Waals surface area (Å²) in [6.07, 6.45) is 3.29. The number of hydrogen-bond donors (Lipinski definition) is 1. The van der Waals surface area contributed by atoms with E-state index in [1.807, 2.05) is 0 Å². The van der Waals surface area contributed by atoms with E-state index in [1.54, 1.807) is 42.3 Å². The molecule has 0 spiro atoms. The maximum Gasteiger partial charge on any atom is 0.191 e. The molecular weight excluding hydrogens is 258 g/mol. The number of hydrogen-bond acceptors (Lipinski definition) is 5. The van der Waals surface area contributed by atoms with Crippen LogP contribution in [0, 0.1) is 0 Å². The number of aromatic nitrogens is 2. The summed E-state index contributed by atoms with van der Waals surface area (Å²) in [5, 5.41) is 4.02. The first-order valence-electron chi connectivity index (χ1n) is 6.07. The smallest absolute Gasteiger partial charge is 0.191 e. The number of nitrogens with zero attached hydrogens (tertiary/aromatic N) is 2. The highest BCUT2D eigenvalue weighted by Gasteiger charge is 2.25. The van der Waals surface area contributed by atoms with Gasteiger partial charge in [-0.25, -0.2) is 0 Å². The number of carbonyl (C=O) groups excluding carboxylic acids is 1. The topological polar surface area (TPSA) is 79.4 Å². The quantitative estimate of drug-likeness (QED) is 0.832. The third kappa shape index (κ3) is 2.50. The van der Waals surface area contributed by atoms with E-state index < -0.39 is 6.04 Å². The first-order valence-corrected chi connectivity index (χ1v) is 6.07. The third-order valence-corrected chi connectivity index (χ3v) is 3.04. The van der Waals surface area contributed by atoms with Crippen molar-refractivity contribution in [2.45, 2.75) is 6.04 Å². The molecule has 0 fully saturated rings. The highest BCUT2D eigenvalue weighted by Crippen LogP contribution is 2.31. The Morgan fingerprint density at radius 2 is 1.90 bits per heavy atom. The number of Topliss-reactive ketones (excluding diaryl/α,β-unsaturated/α-hetero) is 1. The molecule has 1 aromatic carbocycles. The Labute approximate surface area is 117 Å². The van der Waals surface area contributed by atoms with Gasteiger partial charge in [-0.2, -0.15) is 5.10 Å². The van der Waals surface area contributed by atoms with Gasteiger partial charge in [0.2, 0.25) is 0 Å². The molecule has 0 aliphatic rings. The zero-order valence-electron chi connectivity index (χ0n) is 11.7. The van der Waals surface area contributed by atoms with Crippen LogP contribution < -0.4 is 15.2 Å². The average molecular weight is 275 g/mol. The van der Waals surface area contributed by atoms with Crippen LogP contribution in [0.5, 0.6) is 11.5 Å². The summed E-state index contributed by atoms with van der Waals surface area (Å²) < 4.78 is 12.0. The molecule has 2 rings (SSSR count). The summed E-state index contributed by atoms with van der Waals surface area (Å²) in [4.78, 5) is 12.6. The number of carbonyl (C=O) groups is 1. The summed E-state index contributed by atoms with van der Waals surface area (Å²) in [5.74, 6) is 0.606.